The quantitative estimate of drug-likeness (QED) is 0.281. The molecular formula is C2H11Cl2N3O. The van der Waals surface area contributed by atoms with Gasteiger partial charge in [-0.1, -0.05) is 0 Å². The Kier molecular flexibility index (Phi) is 90.8. The van der Waals surface area contributed by atoms with Crippen molar-refractivity contribution >= 4 is 30.8 Å². The highest BCUT2D eigenvalue weighted by atomic mass is 35.5. The number of rotatable bonds is 0. The predicted octanol–water partition coefficient (Wildman–Crippen LogP) is -0.709. The lowest BCUT2D eigenvalue weighted by Gasteiger charge is -1.69. The molecule has 0 amide bonds. The van der Waals surface area contributed by atoms with E-state index in [0.29, 0.717) is 0 Å². The van der Waals surface area contributed by atoms with Gasteiger partial charge in [-0.05, 0) is 0 Å². The summed E-state index contributed by atoms with van der Waals surface area (Å²) in [5, 5.41) is 13.1. The molecule has 0 fully saturated rings. The number of nitrogens with one attached hydrogen (secondary N) is 1. The van der Waals surface area contributed by atoms with Crippen molar-refractivity contribution in [3.63, 3.8) is 0 Å². The molecule has 0 aliphatic carbocycles. The first-order valence-corrected chi connectivity index (χ1v) is 1.27. The third-order valence-electron chi connectivity index (χ3n) is 0. The number of aliphatic hydroxyl groups is 1. The fourth-order valence-electron chi connectivity index (χ4n) is 0. The molecule has 6 N–H and O–H groups in total. The maximum atomic E-state index is 7.00. The summed E-state index contributed by atoms with van der Waals surface area (Å²) in [6.07, 6.45) is 0. The Balaban J connectivity index is -0.0000000183. The van der Waals surface area contributed by atoms with Crippen LogP contribution in [0.3, 0.4) is 0 Å². The maximum absolute atomic E-state index is 7.00. The third-order valence-corrected chi connectivity index (χ3v) is 0. The maximum Gasteiger partial charge on any atom is 0.183 e. The van der Waals surface area contributed by atoms with Crippen LogP contribution in [0.1, 0.15) is 0 Å². The van der Waals surface area contributed by atoms with Crippen molar-refractivity contribution in [1.29, 1.82) is 5.41 Å². The summed E-state index contributed by atoms with van der Waals surface area (Å²) in [6.45, 7) is 0. The van der Waals surface area contributed by atoms with E-state index in [2.05, 4.69) is 11.5 Å². The minimum absolute atomic E-state index is 0. The van der Waals surface area contributed by atoms with Crippen LogP contribution in [-0.4, -0.2) is 18.2 Å². The summed E-state index contributed by atoms with van der Waals surface area (Å²) in [7, 11) is 1.00. The lowest BCUT2D eigenvalue weighted by Crippen LogP contribution is -2.20. The van der Waals surface area contributed by atoms with Gasteiger partial charge in [-0.15, -0.1) is 24.8 Å². The Labute approximate surface area is 60.6 Å². The topological polar surface area (TPSA) is 96.1 Å². The molecule has 0 unspecified atom stereocenters. The lowest BCUT2D eigenvalue weighted by molar-refractivity contribution is 0.399. The van der Waals surface area contributed by atoms with Crippen molar-refractivity contribution in [2.24, 2.45) is 11.5 Å². The zero-order chi connectivity index (χ0) is 5.58. The number of hydrogen-bond donors (Lipinski definition) is 4. The Hall–Kier alpha value is -0.190. The van der Waals surface area contributed by atoms with E-state index in [0.717, 1.165) is 7.11 Å². The normalized spacial score (nSPS) is 3.75. The SMILES string of the molecule is CO.Cl.Cl.N=C(N)N. The molecule has 0 aliphatic heterocycles. The van der Waals surface area contributed by atoms with E-state index in [1.165, 1.54) is 0 Å². The van der Waals surface area contributed by atoms with Crippen LogP contribution in [0.2, 0.25) is 0 Å². The summed E-state index contributed by atoms with van der Waals surface area (Å²) in [5.41, 5.74) is 8.94. The van der Waals surface area contributed by atoms with Crippen LogP contribution in [-0.2, 0) is 0 Å². The van der Waals surface area contributed by atoms with Crippen LogP contribution < -0.4 is 11.5 Å². The van der Waals surface area contributed by atoms with Crippen LogP contribution >= 0.6 is 24.8 Å². The molecule has 6 heteroatoms. The van der Waals surface area contributed by atoms with E-state index in [9.17, 15) is 0 Å². The highest BCUT2D eigenvalue weighted by Gasteiger charge is 1.52. The summed E-state index contributed by atoms with van der Waals surface area (Å²) < 4.78 is 0. The molecule has 0 aromatic heterocycles. The Morgan fingerprint density at radius 2 is 1.25 bits per heavy atom. The zero-order valence-corrected chi connectivity index (χ0v) is 6.05. The van der Waals surface area contributed by atoms with Gasteiger partial charge in [0.15, 0.2) is 5.96 Å². The number of nitrogens with two attached hydrogens (primary N) is 2. The minimum atomic E-state index is -0.333. The Morgan fingerprint density at radius 3 is 1.25 bits per heavy atom. The molecule has 0 aromatic rings. The molecule has 0 radical (unpaired) electrons. The molecule has 8 heavy (non-hydrogen) atoms. The van der Waals surface area contributed by atoms with Gasteiger partial charge in [-0.3, -0.25) is 5.41 Å². The first-order chi connectivity index (χ1) is 2.73. The average Bonchev–Trinajstić information content (AvgIpc) is 1.41. The van der Waals surface area contributed by atoms with E-state index >= 15 is 0 Å². The molecule has 0 spiro atoms. The molecule has 0 aromatic carbocycles. The monoisotopic (exact) mass is 163 g/mol. The largest absolute Gasteiger partial charge is 0.400 e. The molecule has 0 heterocycles. The summed E-state index contributed by atoms with van der Waals surface area (Å²) in [6, 6.07) is 0. The van der Waals surface area contributed by atoms with Crippen molar-refractivity contribution in [2.75, 3.05) is 7.11 Å². The molecule has 0 rings (SSSR count). The van der Waals surface area contributed by atoms with Gasteiger partial charge in [0.05, 0.1) is 0 Å². The fraction of sp³-hybridized carbons (Fsp3) is 0.500. The zero-order valence-electron chi connectivity index (χ0n) is 4.42. The van der Waals surface area contributed by atoms with E-state index in [1.807, 2.05) is 0 Å². The van der Waals surface area contributed by atoms with Gasteiger partial charge in [-0.25, -0.2) is 0 Å². The molecule has 4 nitrogen and oxygen atoms in total. The highest BCUT2D eigenvalue weighted by molar-refractivity contribution is 5.85. The smallest absolute Gasteiger partial charge is 0.183 e. The van der Waals surface area contributed by atoms with Crippen molar-refractivity contribution in [3.8, 4) is 0 Å². The van der Waals surface area contributed by atoms with Gasteiger partial charge in [0.1, 0.15) is 0 Å². The molecule has 0 saturated carbocycles. The van der Waals surface area contributed by atoms with Gasteiger partial charge >= 0.3 is 0 Å². The second-order valence-electron chi connectivity index (χ2n) is 0.455. The van der Waals surface area contributed by atoms with Crippen molar-refractivity contribution in [1.82, 2.24) is 0 Å². The molecule has 0 atom stereocenters. The standard InChI is InChI=1S/CH5N3.CH4O.2ClH/c2-1(3)4;1-2;;/h(H5,2,3,4);2H,1H3;2*1H. The summed E-state index contributed by atoms with van der Waals surface area (Å²) >= 11 is 0. The fourth-order valence-corrected chi connectivity index (χ4v) is 0. The van der Waals surface area contributed by atoms with Crippen molar-refractivity contribution in [2.45, 2.75) is 0 Å². The molecule has 54 valence electrons. The van der Waals surface area contributed by atoms with Crippen molar-refractivity contribution < 1.29 is 5.11 Å². The van der Waals surface area contributed by atoms with Crippen LogP contribution in [0.5, 0.6) is 0 Å². The van der Waals surface area contributed by atoms with E-state index in [-0.39, 0.29) is 30.8 Å². The Morgan fingerprint density at radius 1 is 1.25 bits per heavy atom. The van der Waals surface area contributed by atoms with Crippen molar-refractivity contribution in [3.05, 3.63) is 0 Å². The summed E-state index contributed by atoms with van der Waals surface area (Å²) in [4.78, 5) is 0. The Bertz CT molecular complexity index is 38.3. The number of aliphatic hydroxyl groups excluding tert-OH is 1. The van der Waals surface area contributed by atoms with Gasteiger partial charge in [0.2, 0.25) is 0 Å². The van der Waals surface area contributed by atoms with Crippen LogP contribution in [0, 0.1) is 5.41 Å². The van der Waals surface area contributed by atoms with E-state index in [4.69, 9.17) is 10.5 Å². The molecule has 0 aliphatic rings. The van der Waals surface area contributed by atoms with Crippen LogP contribution in [0.25, 0.3) is 0 Å². The molecule has 0 saturated heterocycles. The second-order valence-corrected chi connectivity index (χ2v) is 0.455. The van der Waals surface area contributed by atoms with Gasteiger partial charge in [0, 0.05) is 7.11 Å². The van der Waals surface area contributed by atoms with Gasteiger partial charge in [-0.2, -0.15) is 0 Å². The number of halogens is 2. The second kappa shape index (κ2) is 29.1. The summed E-state index contributed by atoms with van der Waals surface area (Å²) in [5.74, 6) is -0.333. The lowest BCUT2D eigenvalue weighted by atomic mass is 11.1. The van der Waals surface area contributed by atoms with Gasteiger partial charge < -0.3 is 16.6 Å². The predicted molar refractivity (Wildman–Crippen MR) is 38.7 cm³/mol. The molecular weight excluding hydrogens is 153 g/mol. The average molecular weight is 164 g/mol. The van der Waals surface area contributed by atoms with E-state index < -0.39 is 0 Å². The molecule has 0 bridgehead atoms. The van der Waals surface area contributed by atoms with Gasteiger partial charge in [0.25, 0.3) is 0 Å². The van der Waals surface area contributed by atoms with Crippen LogP contribution in [0.15, 0.2) is 0 Å². The van der Waals surface area contributed by atoms with E-state index in [1.54, 1.807) is 0 Å². The van der Waals surface area contributed by atoms with Crippen LogP contribution in [0.4, 0.5) is 0 Å². The first kappa shape index (κ1) is 25.0. The highest BCUT2D eigenvalue weighted by Crippen LogP contribution is 1.13. The number of guanidine groups is 1. The number of hydrogen-bond acceptors (Lipinski definition) is 2. The third kappa shape index (κ3) is 3720. The minimum Gasteiger partial charge on any atom is -0.400 e. The first-order valence-electron chi connectivity index (χ1n) is 1.27.